The zero-order valence-corrected chi connectivity index (χ0v) is 19.5. The molecule has 34 heavy (non-hydrogen) atoms. The van der Waals surface area contributed by atoms with E-state index in [-0.39, 0.29) is 17.6 Å². The standard InChI is InChI=1S/C28H30N2O4/c1-2-30(24-9-5-7-20-6-3-4-8-23(20)24)27(31)19-29-14-12-21(13-15-29)28(32)22-10-11-25-26(18-22)34-17-16-33-25/h3-11,18,21H,2,12-17,19H2,1H3. The maximum Gasteiger partial charge on any atom is 0.241 e. The van der Waals surface area contributed by atoms with Gasteiger partial charge in [0.1, 0.15) is 13.2 Å². The van der Waals surface area contributed by atoms with E-state index in [1.165, 1.54) is 0 Å². The van der Waals surface area contributed by atoms with Crippen molar-refractivity contribution < 1.29 is 19.1 Å². The number of rotatable bonds is 6. The average Bonchev–Trinajstić information content (AvgIpc) is 2.89. The molecule has 3 aromatic carbocycles. The predicted octanol–water partition coefficient (Wildman–Crippen LogP) is 4.56. The number of amides is 1. The van der Waals surface area contributed by atoms with E-state index in [9.17, 15) is 9.59 Å². The van der Waals surface area contributed by atoms with Crippen molar-refractivity contribution in [2.75, 3.05) is 44.3 Å². The van der Waals surface area contributed by atoms with E-state index >= 15 is 0 Å². The third-order valence-electron chi connectivity index (χ3n) is 6.82. The molecule has 2 aliphatic rings. The molecule has 2 aliphatic heterocycles. The predicted molar refractivity (Wildman–Crippen MR) is 133 cm³/mol. The van der Waals surface area contributed by atoms with Crippen molar-refractivity contribution >= 4 is 28.2 Å². The number of hydrogen-bond donors (Lipinski definition) is 0. The normalized spacial score (nSPS) is 16.4. The molecule has 0 N–H and O–H groups in total. The number of hydrogen-bond acceptors (Lipinski definition) is 5. The summed E-state index contributed by atoms with van der Waals surface area (Å²) in [5, 5.41) is 2.22. The van der Waals surface area contributed by atoms with Crippen molar-refractivity contribution in [3.8, 4) is 11.5 Å². The second-order valence-corrected chi connectivity index (χ2v) is 8.91. The quantitative estimate of drug-likeness (QED) is 0.507. The van der Waals surface area contributed by atoms with Crippen molar-refractivity contribution in [1.82, 2.24) is 4.90 Å². The van der Waals surface area contributed by atoms with Gasteiger partial charge in [0.25, 0.3) is 0 Å². The Bertz CT molecular complexity index is 1190. The van der Waals surface area contributed by atoms with Gasteiger partial charge < -0.3 is 14.4 Å². The fourth-order valence-corrected chi connectivity index (χ4v) is 4.99. The van der Waals surface area contributed by atoms with Crippen LogP contribution < -0.4 is 14.4 Å². The van der Waals surface area contributed by atoms with Gasteiger partial charge in [0.2, 0.25) is 5.91 Å². The topological polar surface area (TPSA) is 59.1 Å². The van der Waals surface area contributed by atoms with Crippen LogP contribution >= 0.6 is 0 Å². The van der Waals surface area contributed by atoms with Gasteiger partial charge in [0.15, 0.2) is 17.3 Å². The molecule has 0 unspecified atom stereocenters. The van der Waals surface area contributed by atoms with E-state index in [1.807, 2.05) is 48.2 Å². The first kappa shape index (κ1) is 22.4. The van der Waals surface area contributed by atoms with Crippen LogP contribution in [0, 0.1) is 5.92 Å². The Balaban J connectivity index is 1.21. The number of nitrogens with zero attached hydrogens (tertiary/aromatic N) is 2. The molecule has 0 atom stereocenters. The van der Waals surface area contributed by atoms with Gasteiger partial charge in [-0.25, -0.2) is 0 Å². The number of Topliss-reactive ketones (excluding diaryl/α,β-unsaturated/α-hetero) is 1. The Labute approximate surface area is 200 Å². The van der Waals surface area contributed by atoms with Crippen LogP contribution in [0.2, 0.25) is 0 Å². The highest BCUT2D eigenvalue weighted by Crippen LogP contribution is 2.33. The molecule has 0 radical (unpaired) electrons. The number of carbonyl (C=O) groups excluding carboxylic acids is 2. The van der Waals surface area contributed by atoms with Crippen molar-refractivity contribution in [3.63, 3.8) is 0 Å². The highest BCUT2D eigenvalue weighted by molar-refractivity contribution is 6.04. The van der Waals surface area contributed by atoms with Crippen LogP contribution in [-0.4, -0.2) is 56.0 Å². The van der Waals surface area contributed by atoms with Crippen LogP contribution in [0.5, 0.6) is 11.5 Å². The molecule has 1 saturated heterocycles. The average molecular weight is 459 g/mol. The Hall–Kier alpha value is -3.38. The minimum Gasteiger partial charge on any atom is -0.486 e. The second-order valence-electron chi connectivity index (χ2n) is 8.91. The van der Waals surface area contributed by atoms with Crippen LogP contribution in [0.25, 0.3) is 10.8 Å². The van der Waals surface area contributed by atoms with E-state index in [2.05, 4.69) is 23.1 Å². The van der Waals surface area contributed by atoms with Gasteiger partial charge in [0, 0.05) is 23.4 Å². The highest BCUT2D eigenvalue weighted by atomic mass is 16.6. The molecular weight excluding hydrogens is 428 g/mol. The fourth-order valence-electron chi connectivity index (χ4n) is 4.99. The lowest BCUT2D eigenvalue weighted by atomic mass is 9.88. The van der Waals surface area contributed by atoms with E-state index in [0.717, 1.165) is 42.4 Å². The molecule has 0 aromatic heterocycles. The molecule has 3 aromatic rings. The van der Waals surface area contributed by atoms with Gasteiger partial charge in [-0.15, -0.1) is 0 Å². The molecule has 1 amide bonds. The molecule has 0 bridgehead atoms. The maximum atomic E-state index is 13.3. The van der Waals surface area contributed by atoms with Gasteiger partial charge in [-0.2, -0.15) is 0 Å². The summed E-state index contributed by atoms with van der Waals surface area (Å²) in [4.78, 5) is 30.4. The SMILES string of the molecule is CCN(C(=O)CN1CCC(C(=O)c2ccc3c(c2)OCCO3)CC1)c1cccc2ccccc12. The van der Waals surface area contributed by atoms with Crippen LogP contribution in [0.1, 0.15) is 30.1 Å². The number of ketones is 1. The number of anilines is 1. The first-order valence-corrected chi connectivity index (χ1v) is 12.1. The summed E-state index contributed by atoms with van der Waals surface area (Å²) in [6.07, 6.45) is 1.50. The lowest BCUT2D eigenvalue weighted by Crippen LogP contribution is -2.44. The third kappa shape index (κ3) is 4.50. The van der Waals surface area contributed by atoms with Gasteiger partial charge >= 0.3 is 0 Å². The molecule has 5 rings (SSSR count). The van der Waals surface area contributed by atoms with Gasteiger partial charge in [-0.1, -0.05) is 36.4 Å². The number of likely N-dealkylation sites (tertiary alicyclic amines) is 1. The summed E-state index contributed by atoms with van der Waals surface area (Å²) in [7, 11) is 0. The Morgan fingerprint density at radius 2 is 1.68 bits per heavy atom. The first-order chi connectivity index (χ1) is 16.6. The minimum absolute atomic E-state index is 0.0331. The van der Waals surface area contributed by atoms with E-state index < -0.39 is 0 Å². The van der Waals surface area contributed by atoms with Gasteiger partial charge in [-0.3, -0.25) is 14.5 Å². The number of piperidine rings is 1. The Morgan fingerprint density at radius 3 is 2.47 bits per heavy atom. The fraction of sp³-hybridized carbons (Fsp3) is 0.357. The summed E-state index contributed by atoms with van der Waals surface area (Å²) in [5.41, 5.74) is 1.63. The lowest BCUT2D eigenvalue weighted by molar-refractivity contribution is -0.120. The van der Waals surface area contributed by atoms with Crippen molar-refractivity contribution in [3.05, 3.63) is 66.2 Å². The number of likely N-dealkylation sites (N-methyl/N-ethyl adjacent to an activating group) is 1. The number of carbonyl (C=O) groups is 2. The summed E-state index contributed by atoms with van der Waals surface area (Å²) in [6, 6.07) is 19.7. The van der Waals surface area contributed by atoms with E-state index in [1.54, 1.807) is 6.07 Å². The molecular formula is C28H30N2O4. The minimum atomic E-state index is -0.0331. The number of ether oxygens (including phenoxy) is 2. The Morgan fingerprint density at radius 1 is 0.941 bits per heavy atom. The van der Waals surface area contributed by atoms with Gasteiger partial charge in [0.05, 0.1) is 12.2 Å². The zero-order valence-electron chi connectivity index (χ0n) is 19.5. The highest BCUT2D eigenvalue weighted by Gasteiger charge is 2.28. The third-order valence-corrected chi connectivity index (χ3v) is 6.82. The molecule has 6 heteroatoms. The molecule has 6 nitrogen and oxygen atoms in total. The molecule has 0 saturated carbocycles. The maximum absolute atomic E-state index is 13.3. The van der Waals surface area contributed by atoms with E-state index in [0.29, 0.717) is 43.4 Å². The summed E-state index contributed by atoms with van der Waals surface area (Å²) in [5.74, 6) is 1.55. The molecule has 1 fully saturated rings. The lowest BCUT2D eigenvalue weighted by Gasteiger charge is -2.32. The molecule has 0 aliphatic carbocycles. The summed E-state index contributed by atoms with van der Waals surface area (Å²) in [6.45, 7) is 5.50. The van der Waals surface area contributed by atoms with Crippen molar-refractivity contribution in [2.45, 2.75) is 19.8 Å². The van der Waals surface area contributed by atoms with Crippen molar-refractivity contribution in [2.24, 2.45) is 5.92 Å². The number of fused-ring (bicyclic) bond motifs is 2. The van der Waals surface area contributed by atoms with Crippen LogP contribution in [-0.2, 0) is 4.79 Å². The Kier molecular flexibility index (Phi) is 6.50. The van der Waals surface area contributed by atoms with Crippen molar-refractivity contribution in [1.29, 1.82) is 0 Å². The smallest absolute Gasteiger partial charge is 0.241 e. The zero-order chi connectivity index (χ0) is 23.5. The number of benzene rings is 3. The van der Waals surface area contributed by atoms with Crippen LogP contribution in [0.3, 0.4) is 0 Å². The van der Waals surface area contributed by atoms with E-state index in [4.69, 9.17) is 9.47 Å². The monoisotopic (exact) mass is 458 g/mol. The summed E-state index contributed by atoms with van der Waals surface area (Å²) >= 11 is 0. The molecule has 176 valence electrons. The molecule has 0 spiro atoms. The van der Waals surface area contributed by atoms with Crippen LogP contribution in [0.4, 0.5) is 5.69 Å². The first-order valence-electron chi connectivity index (χ1n) is 12.1. The second kappa shape index (κ2) is 9.85. The van der Waals surface area contributed by atoms with Crippen LogP contribution in [0.15, 0.2) is 60.7 Å². The van der Waals surface area contributed by atoms with Gasteiger partial charge in [-0.05, 0) is 62.5 Å². The largest absolute Gasteiger partial charge is 0.486 e. The summed E-state index contributed by atoms with van der Waals surface area (Å²) < 4.78 is 11.2. The molecule has 2 heterocycles.